The van der Waals surface area contributed by atoms with Crippen molar-refractivity contribution in [3.8, 4) is 0 Å². The minimum absolute atomic E-state index is 0.211. The number of amides is 3. The summed E-state index contributed by atoms with van der Waals surface area (Å²) in [5, 5.41) is 3.15. The van der Waals surface area contributed by atoms with Crippen molar-refractivity contribution >= 4 is 93.0 Å². The predicted molar refractivity (Wildman–Crippen MR) is 175 cm³/mol. The summed E-state index contributed by atoms with van der Waals surface area (Å²) in [6.45, 7) is 1.59. The lowest BCUT2D eigenvalue weighted by molar-refractivity contribution is -0.122. The van der Waals surface area contributed by atoms with Crippen molar-refractivity contribution in [3.63, 3.8) is 0 Å². The first-order valence-electron chi connectivity index (χ1n) is 13.6. The molecular weight excluding hydrogens is 681 g/mol. The summed E-state index contributed by atoms with van der Waals surface area (Å²) in [5.41, 5.74) is 1.61. The van der Waals surface area contributed by atoms with E-state index < -0.39 is 45.6 Å². The highest BCUT2D eigenvalue weighted by Crippen LogP contribution is 2.55. The summed E-state index contributed by atoms with van der Waals surface area (Å²) in [4.78, 5) is 67.6. The second-order valence-electron chi connectivity index (χ2n) is 10.1. The average molecular weight is 703 g/mol. The van der Waals surface area contributed by atoms with Crippen LogP contribution in [0.5, 0.6) is 0 Å². The number of hydrogen-bond acceptors (Lipinski definition) is 8. The highest BCUT2D eigenvalue weighted by molar-refractivity contribution is 8.00. The average Bonchev–Trinajstić information content (AvgIpc) is 3.46. The van der Waals surface area contributed by atoms with Crippen LogP contribution in [0.2, 0.25) is 15.1 Å². The van der Waals surface area contributed by atoms with Crippen LogP contribution in [0.4, 0.5) is 11.4 Å². The van der Waals surface area contributed by atoms with Gasteiger partial charge in [-0.05, 0) is 67.1 Å². The zero-order chi connectivity index (χ0) is 32.0. The molecule has 0 aliphatic carbocycles. The van der Waals surface area contributed by atoms with Crippen molar-refractivity contribution in [2.45, 2.75) is 29.7 Å². The SMILES string of the molecule is CCOC(=O)c1ccc(NC(=O)Cn2c3c(sc2=O)[C@@H](c2cccc(Cl)c2Cl)[C@@H]2C(=O)N(c4ccc(Cl)cc4)C(=O)[C@@H]2S3)cc1. The van der Waals surface area contributed by atoms with Crippen molar-refractivity contribution < 1.29 is 23.9 Å². The van der Waals surface area contributed by atoms with Gasteiger partial charge in [0.05, 0.1) is 38.8 Å². The number of esters is 1. The summed E-state index contributed by atoms with van der Waals surface area (Å²) in [6.07, 6.45) is 0. The quantitative estimate of drug-likeness (QED) is 0.173. The van der Waals surface area contributed by atoms with Crippen molar-refractivity contribution in [1.29, 1.82) is 0 Å². The van der Waals surface area contributed by atoms with Gasteiger partial charge in [0.1, 0.15) is 11.8 Å². The first-order valence-corrected chi connectivity index (χ1v) is 16.5. The lowest BCUT2D eigenvalue weighted by atomic mass is 9.83. The van der Waals surface area contributed by atoms with Crippen molar-refractivity contribution in [2.24, 2.45) is 5.92 Å². The molecule has 45 heavy (non-hydrogen) atoms. The van der Waals surface area contributed by atoms with Gasteiger partial charge in [-0.25, -0.2) is 9.69 Å². The number of aromatic nitrogens is 1. The van der Waals surface area contributed by atoms with Crippen LogP contribution in [0, 0.1) is 5.92 Å². The Hall–Kier alpha value is -3.61. The Labute approximate surface area is 280 Å². The zero-order valence-corrected chi connectivity index (χ0v) is 27.2. The third-order valence-corrected chi connectivity index (χ3v) is 11.1. The molecule has 4 aromatic rings. The molecule has 6 rings (SSSR count). The standard InChI is InChI=1S/C31H22Cl3N3O6S2/c1-2-43-30(41)15-6-10-17(11-7-15)35-21(38)14-36-29-26(45-31(36)42)22(19-4-3-5-20(33)24(19)34)23-25(44-29)28(40)37(27(23)39)18-12-8-16(32)9-13-18/h3-13,22-23,25H,2,14H2,1H3,(H,35,38)/t22-,23-,25+/m0/s1. The highest BCUT2D eigenvalue weighted by Gasteiger charge is 2.57. The van der Waals surface area contributed by atoms with E-state index in [-0.39, 0.29) is 23.2 Å². The molecule has 230 valence electrons. The predicted octanol–water partition coefficient (Wildman–Crippen LogP) is 6.48. The monoisotopic (exact) mass is 701 g/mol. The normalized spacial score (nSPS) is 18.8. The number of benzene rings is 3. The first-order chi connectivity index (χ1) is 21.6. The summed E-state index contributed by atoms with van der Waals surface area (Å²) in [6, 6.07) is 17.6. The molecule has 2 aliphatic heterocycles. The third-order valence-electron chi connectivity index (χ3n) is 7.43. The van der Waals surface area contributed by atoms with E-state index in [1.54, 1.807) is 61.5 Å². The van der Waals surface area contributed by atoms with Crippen LogP contribution in [-0.2, 0) is 25.7 Å². The number of imide groups is 1. The number of thioether (sulfide) groups is 1. The number of nitrogens with zero attached hydrogens (tertiary/aromatic N) is 2. The Kier molecular flexibility index (Phi) is 8.82. The van der Waals surface area contributed by atoms with Crippen LogP contribution in [0.1, 0.15) is 33.6 Å². The summed E-state index contributed by atoms with van der Waals surface area (Å²) >= 11 is 21.1. The number of nitrogens with one attached hydrogen (secondary N) is 1. The Morgan fingerprint density at radius 2 is 1.64 bits per heavy atom. The molecule has 1 fully saturated rings. The van der Waals surface area contributed by atoms with Crippen LogP contribution in [0.15, 0.2) is 76.6 Å². The zero-order valence-electron chi connectivity index (χ0n) is 23.3. The van der Waals surface area contributed by atoms with E-state index in [0.29, 0.717) is 37.4 Å². The Morgan fingerprint density at radius 1 is 0.933 bits per heavy atom. The van der Waals surface area contributed by atoms with Crippen molar-refractivity contribution in [1.82, 2.24) is 4.57 Å². The van der Waals surface area contributed by atoms with E-state index >= 15 is 0 Å². The molecule has 0 saturated carbocycles. The molecule has 0 spiro atoms. The van der Waals surface area contributed by atoms with Crippen molar-refractivity contribution in [3.05, 3.63) is 107 Å². The lowest BCUT2D eigenvalue weighted by Gasteiger charge is -2.31. The lowest BCUT2D eigenvalue weighted by Crippen LogP contribution is -2.33. The molecule has 1 saturated heterocycles. The topological polar surface area (TPSA) is 115 Å². The number of halogens is 3. The van der Waals surface area contributed by atoms with Crippen molar-refractivity contribution in [2.75, 3.05) is 16.8 Å². The number of rotatable bonds is 7. The number of thiazole rings is 1. The number of ether oxygens (including phenoxy) is 1. The fourth-order valence-corrected chi connectivity index (χ4v) is 8.76. The van der Waals surface area contributed by atoms with E-state index in [1.165, 1.54) is 16.7 Å². The molecular formula is C31H22Cl3N3O6S2. The Balaban J connectivity index is 1.36. The van der Waals surface area contributed by atoms with E-state index in [1.807, 2.05) is 0 Å². The smallest absolute Gasteiger partial charge is 0.338 e. The molecule has 0 unspecified atom stereocenters. The molecule has 1 N–H and O–H groups in total. The minimum atomic E-state index is -0.903. The van der Waals surface area contributed by atoms with E-state index in [2.05, 4.69) is 5.32 Å². The first kappa shape index (κ1) is 31.4. The number of hydrogen-bond donors (Lipinski definition) is 1. The number of carbonyl (C=O) groups excluding carboxylic acids is 4. The maximum atomic E-state index is 14.0. The second kappa shape index (κ2) is 12.6. The summed E-state index contributed by atoms with van der Waals surface area (Å²) < 4.78 is 6.29. The molecule has 0 radical (unpaired) electrons. The number of fused-ring (bicyclic) bond motifs is 2. The van der Waals surface area contributed by atoms with Gasteiger partial charge in [-0.2, -0.15) is 0 Å². The second-order valence-corrected chi connectivity index (χ2v) is 13.5. The third kappa shape index (κ3) is 5.79. The van der Waals surface area contributed by atoms with E-state index in [0.717, 1.165) is 28.0 Å². The molecule has 14 heteroatoms. The maximum Gasteiger partial charge on any atom is 0.338 e. The molecule has 2 aliphatic rings. The molecule has 0 bridgehead atoms. The van der Waals surface area contributed by atoms with Gasteiger partial charge in [-0.3, -0.25) is 23.7 Å². The number of anilines is 2. The van der Waals surface area contributed by atoms with Gasteiger partial charge in [0.25, 0.3) is 0 Å². The molecule has 3 aromatic carbocycles. The maximum absolute atomic E-state index is 14.0. The highest BCUT2D eigenvalue weighted by atomic mass is 35.5. The Morgan fingerprint density at radius 3 is 2.33 bits per heavy atom. The molecule has 3 atom stereocenters. The van der Waals surface area contributed by atoms with Crippen LogP contribution < -0.4 is 15.1 Å². The van der Waals surface area contributed by atoms with Crippen LogP contribution >= 0.6 is 57.9 Å². The van der Waals surface area contributed by atoms with Gasteiger partial charge in [0.15, 0.2) is 0 Å². The fraction of sp³-hybridized carbons (Fsp3) is 0.194. The fourth-order valence-electron chi connectivity index (χ4n) is 5.44. The Bertz CT molecular complexity index is 1910. The number of carbonyl (C=O) groups is 4. The minimum Gasteiger partial charge on any atom is -0.462 e. The van der Waals surface area contributed by atoms with Gasteiger partial charge in [-0.1, -0.05) is 70.0 Å². The van der Waals surface area contributed by atoms with Gasteiger partial charge in [-0.15, -0.1) is 0 Å². The van der Waals surface area contributed by atoms with Crippen LogP contribution in [0.25, 0.3) is 0 Å². The molecule has 1 aromatic heterocycles. The van der Waals surface area contributed by atoms with Gasteiger partial charge >= 0.3 is 10.8 Å². The van der Waals surface area contributed by atoms with Crippen LogP contribution in [-0.4, -0.2) is 40.1 Å². The molecule has 3 heterocycles. The molecule has 3 amide bonds. The van der Waals surface area contributed by atoms with Gasteiger partial charge in [0, 0.05) is 21.5 Å². The largest absolute Gasteiger partial charge is 0.462 e. The molecule has 9 nitrogen and oxygen atoms in total. The van der Waals surface area contributed by atoms with Gasteiger partial charge < -0.3 is 10.1 Å². The summed E-state index contributed by atoms with van der Waals surface area (Å²) in [7, 11) is 0. The van der Waals surface area contributed by atoms with Crippen LogP contribution in [0.3, 0.4) is 0 Å². The van der Waals surface area contributed by atoms with Gasteiger partial charge in [0.2, 0.25) is 17.7 Å². The van der Waals surface area contributed by atoms with E-state index in [9.17, 15) is 24.0 Å². The summed E-state index contributed by atoms with van der Waals surface area (Å²) in [5.74, 6) is -3.54. The van der Waals surface area contributed by atoms with E-state index in [4.69, 9.17) is 39.5 Å².